The number of nitrogens with zero attached hydrogens (tertiary/aromatic N) is 3. The SMILES string of the molecule is CC(O)c1nccn1Cc1cc(-c2ccc(C#Cc3ccc(C(=O)C(O)c4ccccc4)cc3)cc2)on1. The molecule has 0 radical (unpaired) electrons. The number of rotatable bonds is 7. The quantitative estimate of drug-likeness (QED) is 0.241. The Labute approximate surface area is 220 Å². The minimum Gasteiger partial charge on any atom is -0.385 e. The molecule has 0 amide bonds. The van der Waals surface area contributed by atoms with Crippen molar-refractivity contribution in [3.63, 3.8) is 0 Å². The average Bonchev–Trinajstić information content (AvgIpc) is 3.62. The first-order chi connectivity index (χ1) is 18.5. The van der Waals surface area contributed by atoms with Crippen LogP contribution in [0.4, 0.5) is 0 Å². The van der Waals surface area contributed by atoms with Crippen LogP contribution in [-0.4, -0.2) is 30.7 Å². The van der Waals surface area contributed by atoms with Crippen molar-refractivity contribution in [2.75, 3.05) is 0 Å². The number of aromatic nitrogens is 3. The average molecular weight is 504 g/mol. The van der Waals surface area contributed by atoms with Crippen LogP contribution in [-0.2, 0) is 6.54 Å². The summed E-state index contributed by atoms with van der Waals surface area (Å²) < 4.78 is 7.35. The van der Waals surface area contributed by atoms with Gasteiger partial charge >= 0.3 is 0 Å². The van der Waals surface area contributed by atoms with Gasteiger partial charge in [0.2, 0.25) is 0 Å². The molecule has 0 aliphatic heterocycles. The number of aliphatic hydroxyl groups excluding tert-OH is 2. The standard InChI is InChI=1S/C31H25N3O4/c1-21(35)31-32-17-18-34(31)20-27-19-28(38-33-27)24-13-9-22(10-14-24)7-8-23-11-15-26(16-12-23)30(37)29(36)25-5-3-2-4-6-25/h2-6,9-19,21,29,35-36H,20H2,1H3. The van der Waals surface area contributed by atoms with Gasteiger partial charge in [-0.1, -0.05) is 59.5 Å². The highest BCUT2D eigenvalue weighted by molar-refractivity contribution is 5.99. The molecule has 0 fully saturated rings. The number of aliphatic hydroxyl groups is 2. The monoisotopic (exact) mass is 503 g/mol. The van der Waals surface area contributed by atoms with E-state index >= 15 is 0 Å². The third-order valence-electron chi connectivity index (χ3n) is 6.07. The van der Waals surface area contributed by atoms with E-state index < -0.39 is 12.2 Å². The van der Waals surface area contributed by atoms with Crippen molar-refractivity contribution in [1.29, 1.82) is 0 Å². The van der Waals surface area contributed by atoms with Gasteiger partial charge in [-0.3, -0.25) is 4.79 Å². The Balaban J connectivity index is 1.23. The summed E-state index contributed by atoms with van der Waals surface area (Å²) in [4.78, 5) is 16.8. The number of carbonyl (C=O) groups is 1. The van der Waals surface area contributed by atoms with E-state index in [0.29, 0.717) is 29.3 Å². The second-order valence-electron chi connectivity index (χ2n) is 8.85. The number of hydrogen-bond acceptors (Lipinski definition) is 6. The fourth-order valence-corrected chi connectivity index (χ4v) is 4.04. The van der Waals surface area contributed by atoms with Crippen molar-refractivity contribution in [1.82, 2.24) is 14.7 Å². The molecule has 0 spiro atoms. The van der Waals surface area contributed by atoms with Gasteiger partial charge in [-0.05, 0) is 48.9 Å². The molecule has 0 saturated carbocycles. The van der Waals surface area contributed by atoms with Gasteiger partial charge in [-0.15, -0.1) is 0 Å². The number of Topliss-reactive ketones (excluding diaryl/α,β-unsaturated/α-hetero) is 1. The van der Waals surface area contributed by atoms with Gasteiger partial charge in [0.15, 0.2) is 11.5 Å². The van der Waals surface area contributed by atoms with Crippen LogP contribution in [0.25, 0.3) is 11.3 Å². The summed E-state index contributed by atoms with van der Waals surface area (Å²) in [6.45, 7) is 2.12. The molecule has 7 nitrogen and oxygen atoms in total. The zero-order valence-electron chi connectivity index (χ0n) is 20.7. The van der Waals surface area contributed by atoms with Gasteiger partial charge < -0.3 is 19.3 Å². The molecule has 3 aromatic carbocycles. The molecule has 5 aromatic rings. The summed E-state index contributed by atoms with van der Waals surface area (Å²) in [5, 5.41) is 24.3. The molecule has 2 N–H and O–H groups in total. The van der Waals surface area contributed by atoms with E-state index in [1.165, 1.54) is 0 Å². The smallest absolute Gasteiger partial charge is 0.195 e. The van der Waals surface area contributed by atoms with Crippen LogP contribution in [0, 0.1) is 11.8 Å². The van der Waals surface area contributed by atoms with Gasteiger partial charge in [0, 0.05) is 40.7 Å². The number of carbonyl (C=O) groups excluding carboxylic acids is 1. The maximum absolute atomic E-state index is 12.6. The second-order valence-corrected chi connectivity index (χ2v) is 8.85. The van der Waals surface area contributed by atoms with E-state index in [4.69, 9.17) is 4.52 Å². The molecule has 2 heterocycles. The van der Waals surface area contributed by atoms with Crippen molar-refractivity contribution in [3.8, 4) is 23.2 Å². The predicted molar refractivity (Wildman–Crippen MR) is 142 cm³/mol. The lowest BCUT2D eigenvalue weighted by Crippen LogP contribution is -2.12. The Morgan fingerprint density at radius 2 is 1.61 bits per heavy atom. The Kier molecular flexibility index (Phi) is 7.27. The molecule has 0 saturated heterocycles. The van der Waals surface area contributed by atoms with E-state index in [1.807, 2.05) is 41.0 Å². The fraction of sp³-hybridized carbons (Fsp3) is 0.129. The summed E-state index contributed by atoms with van der Waals surface area (Å²) >= 11 is 0. The predicted octanol–water partition coefficient (Wildman–Crippen LogP) is 4.96. The van der Waals surface area contributed by atoms with Crippen LogP contribution in [0.1, 0.15) is 57.7 Å². The normalized spacial score (nSPS) is 12.4. The van der Waals surface area contributed by atoms with E-state index in [-0.39, 0.29) is 5.78 Å². The lowest BCUT2D eigenvalue weighted by molar-refractivity contribution is 0.0747. The van der Waals surface area contributed by atoms with E-state index in [9.17, 15) is 15.0 Å². The van der Waals surface area contributed by atoms with Crippen LogP contribution in [0.3, 0.4) is 0 Å². The van der Waals surface area contributed by atoms with Crippen LogP contribution < -0.4 is 0 Å². The zero-order chi connectivity index (χ0) is 26.5. The number of imidazole rings is 1. The van der Waals surface area contributed by atoms with Crippen LogP contribution in [0.2, 0.25) is 0 Å². The van der Waals surface area contributed by atoms with E-state index in [0.717, 1.165) is 22.4 Å². The molecular formula is C31H25N3O4. The van der Waals surface area contributed by atoms with Crippen molar-refractivity contribution in [2.45, 2.75) is 25.7 Å². The molecule has 38 heavy (non-hydrogen) atoms. The Bertz CT molecular complexity index is 1590. The van der Waals surface area contributed by atoms with Crippen LogP contribution in [0.5, 0.6) is 0 Å². The van der Waals surface area contributed by atoms with Crippen molar-refractivity contribution < 1.29 is 19.5 Å². The number of hydrogen-bond donors (Lipinski definition) is 2. The fourth-order valence-electron chi connectivity index (χ4n) is 4.04. The molecule has 2 atom stereocenters. The molecule has 0 aliphatic carbocycles. The number of benzene rings is 3. The Morgan fingerprint density at radius 3 is 2.26 bits per heavy atom. The Morgan fingerprint density at radius 1 is 0.947 bits per heavy atom. The summed E-state index contributed by atoms with van der Waals surface area (Å²) in [5.74, 6) is 7.08. The lowest BCUT2D eigenvalue weighted by Gasteiger charge is -2.09. The van der Waals surface area contributed by atoms with Crippen LogP contribution >= 0.6 is 0 Å². The van der Waals surface area contributed by atoms with Crippen molar-refractivity contribution in [2.24, 2.45) is 0 Å². The molecule has 188 valence electrons. The van der Waals surface area contributed by atoms with Gasteiger partial charge in [-0.2, -0.15) is 0 Å². The topological polar surface area (TPSA) is 101 Å². The minimum atomic E-state index is -1.19. The van der Waals surface area contributed by atoms with Crippen LogP contribution in [0.15, 0.2) is 102 Å². The van der Waals surface area contributed by atoms with E-state index in [1.54, 1.807) is 67.8 Å². The largest absolute Gasteiger partial charge is 0.385 e. The molecule has 7 heteroatoms. The summed E-state index contributed by atoms with van der Waals surface area (Å²) in [7, 11) is 0. The maximum atomic E-state index is 12.6. The minimum absolute atomic E-state index is 0.352. The van der Waals surface area contributed by atoms with Crippen molar-refractivity contribution >= 4 is 5.78 Å². The van der Waals surface area contributed by atoms with E-state index in [2.05, 4.69) is 22.0 Å². The van der Waals surface area contributed by atoms with Gasteiger partial charge in [-0.25, -0.2) is 4.98 Å². The van der Waals surface area contributed by atoms with Gasteiger partial charge in [0.25, 0.3) is 0 Å². The third kappa shape index (κ3) is 5.62. The molecule has 5 rings (SSSR count). The molecule has 0 bridgehead atoms. The lowest BCUT2D eigenvalue weighted by atomic mass is 9.99. The first kappa shape index (κ1) is 24.9. The highest BCUT2D eigenvalue weighted by Gasteiger charge is 2.18. The third-order valence-corrected chi connectivity index (χ3v) is 6.07. The van der Waals surface area contributed by atoms with Crippen molar-refractivity contribution in [3.05, 3.63) is 131 Å². The molecule has 0 aliphatic rings. The molecule has 2 aromatic heterocycles. The summed E-state index contributed by atoms with van der Waals surface area (Å²) in [6, 6.07) is 25.3. The first-order valence-electron chi connectivity index (χ1n) is 12.1. The zero-order valence-corrected chi connectivity index (χ0v) is 20.7. The number of ketones is 1. The van der Waals surface area contributed by atoms with Gasteiger partial charge in [0.05, 0.1) is 6.54 Å². The maximum Gasteiger partial charge on any atom is 0.195 e. The summed E-state index contributed by atoms with van der Waals surface area (Å²) in [5.41, 5.74) is 4.18. The second kappa shape index (κ2) is 11.1. The Hall–Kier alpha value is -4.77. The highest BCUT2D eigenvalue weighted by atomic mass is 16.5. The van der Waals surface area contributed by atoms with Gasteiger partial charge in [0.1, 0.15) is 23.7 Å². The summed E-state index contributed by atoms with van der Waals surface area (Å²) in [6.07, 6.45) is 1.58. The molecular weight excluding hydrogens is 478 g/mol. The highest BCUT2D eigenvalue weighted by Crippen LogP contribution is 2.22. The first-order valence-corrected chi connectivity index (χ1v) is 12.1. The molecule has 2 unspecified atom stereocenters.